The van der Waals surface area contributed by atoms with Crippen molar-refractivity contribution in [2.24, 2.45) is 0 Å². The summed E-state index contributed by atoms with van der Waals surface area (Å²) in [5, 5.41) is 9.16. The van der Waals surface area contributed by atoms with Gasteiger partial charge in [-0.3, -0.25) is 4.90 Å². The first-order valence-electron chi connectivity index (χ1n) is 5.73. The van der Waals surface area contributed by atoms with E-state index >= 15 is 0 Å². The summed E-state index contributed by atoms with van der Waals surface area (Å²) >= 11 is 1.81. The number of rotatable bonds is 5. The van der Waals surface area contributed by atoms with Crippen molar-refractivity contribution in [3.8, 4) is 0 Å². The minimum Gasteiger partial charge on any atom is -0.465 e. The lowest BCUT2D eigenvalue weighted by atomic mass is 10.2. The van der Waals surface area contributed by atoms with Gasteiger partial charge < -0.3 is 9.84 Å². The minimum absolute atomic E-state index is 0.00523. The molecule has 0 radical (unpaired) electrons. The maximum Gasteiger partial charge on any atom is 0.409 e. The topological polar surface area (TPSA) is 49.8 Å². The fourth-order valence-corrected chi connectivity index (χ4v) is 3.04. The third-order valence-electron chi connectivity index (χ3n) is 2.73. The summed E-state index contributed by atoms with van der Waals surface area (Å²) in [5.41, 5.74) is -0.679. The monoisotopic (exact) mass is 247 g/mol. The Bertz CT molecular complexity index is 245. The number of amides is 1. The molecule has 5 heteroatoms. The van der Waals surface area contributed by atoms with E-state index in [9.17, 15) is 4.79 Å². The van der Waals surface area contributed by atoms with Gasteiger partial charge in [-0.25, -0.2) is 4.79 Å². The highest BCUT2D eigenvalue weighted by Crippen LogP contribution is 2.29. The maximum absolute atomic E-state index is 11.2. The number of ether oxygens (including phenoxy) is 1. The molecule has 16 heavy (non-hydrogen) atoms. The van der Waals surface area contributed by atoms with Gasteiger partial charge >= 0.3 is 6.09 Å². The average molecular weight is 247 g/mol. The van der Waals surface area contributed by atoms with Crippen LogP contribution in [0.5, 0.6) is 0 Å². The fourth-order valence-electron chi connectivity index (χ4n) is 1.86. The van der Waals surface area contributed by atoms with Gasteiger partial charge in [-0.2, -0.15) is 11.8 Å². The molecule has 1 heterocycles. The number of hydrogen-bond donors (Lipinski definition) is 1. The van der Waals surface area contributed by atoms with E-state index in [0.717, 1.165) is 11.5 Å². The van der Waals surface area contributed by atoms with E-state index in [-0.39, 0.29) is 6.04 Å². The predicted molar refractivity (Wildman–Crippen MR) is 65.9 cm³/mol. The van der Waals surface area contributed by atoms with E-state index in [4.69, 9.17) is 9.84 Å². The Hall–Kier alpha value is -0.420. The van der Waals surface area contributed by atoms with Gasteiger partial charge in [0.2, 0.25) is 0 Å². The lowest BCUT2D eigenvalue weighted by Gasteiger charge is -2.30. The van der Waals surface area contributed by atoms with Crippen LogP contribution in [0.4, 0.5) is 4.79 Å². The third-order valence-corrected chi connectivity index (χ3v) is 3.93. The van der Waals surface area contributed by atoms with Crippen molar-refractivity contribution in [3.63, 3.8) is 0 Å². The lowest BCUT2D eigenvalue weighted by Crippen LogP contribution is -2.48. The number of carboxylic acid groups (broad SMARTS) is 1. The van der Waals surface area contributed by atoms with Gasteiger partial charge in [-0.05, 0) is 26.0 Å². The van der Waals surface area contributed by atoms with Gasteiger partial charge in [0.25, 0.3) is 0 Å². The Morgan fingerprint density at radius 1 is 1.62 bits per heavy atom. The van der Waals surface area contributed by atoms with Gasteiger partial charge in [0, 0.05) is 5.75 Å². The summed E-state index contributed by atoms with van der Waals surface area (Å²) in [4.78, 5) is 12.6. The Balaban J connectivity index is 2.44. The van der Waals surface area contributed by atoms with E-state index in [2.05, 4.69) is 6.92 Å². The number of nitrogens with zero attached hydrogens (tertiary/aromatic N) is 1. The molecule has 0 aromatic rings. The number of carbonyl (C=O) groups is 1. The minimum atomic E-state index is -0.886. The zero-order valence-electron chi connectivity index (χ0n) is 10.2. The normalized spacial score (nSPS) is 23.7. The van der Waals surface area contributed by atoms with Crippen LogP contribution in [-0.4, -0.2) is 46.0 Å². The Kier molecular flexibility index (Phi) is 4.92. The molecule has 1 amide bonds. The first kappa shape index (κ1) is 13.6. The van der Waals surface area contributed by atoms with Crippen LogP contribution < -0.4 is 0 Å². The summed E-state index contributed by atoms with van der Waals surface area (Å²) in [5.74, 6) is 1.93. The first-order valence-corrected chi connectivity index (χ1v) is 6.88. The largest absolute Gasteiger partial charge is 0.465 e. The molecule has 0 aromatic carbocycles. The second-order valence-corrected chi connectivity index (χ2v) is 5.64. The van der Waals surface area contributed by atoms with Crippen LogP contribution in [0.3, 0.4) is 0 Å². The number of hydrogen-bond acceptors (Lipinski definition) is 3. The van der Waals surface area contributed by atoms with Crippen LogP contribution >= 0.6 is 11.8 Å². The molecular formula is C11H21NO3S. The molecule has 1 rings (SSSR count). The Labute approximate surface area is 101 Å². The van der Waals surface area contributed by atoms with Gasteiger partial charge in [-0.1, -0.05) is 13.3 Å². The van der Waals surface area contributed by atoms with Crippen LogP contribution in [0.1, 0.15) is 33.6 Å². The molecule has 0 spiro atoms. The summed E-state index contributed by atoms with van der Waals surface area (Å²) in [6, 6.07) is -0.00523. The summed E-state index contributed by atoms with van der Waals surface area (Å²) in [6.07, 6.45) is 1.49. The molecule has 0 saturated carbocycles. The number of thioether (sulfide) groups is 1. The van der Waals surface area contributed by atoms with E-state index in [1.807, 2.05) is 11.8 Å². The average Bonchev–Trinajstić information content (AvgIpc) is 2.48. The van der Waals surface area contributed by atoms with Crippen molar-refractivity contribution in [1.29, 1.82) is 0 Å². The quantitative estimate of drug-likeness (QED) is 0.759. The van der Waals surface area contributed by atoms with Crippen molar-refractivity contribution < 1.29 is 14.6 Å². The van der Waals surface area contributed by atoms with Crippen LogP contribution in [0, 0.1) is 0 Å². The highest BCUT2D eigenvalue weighted by atomic mass is 32.2. The SMILES string of the molecule is CCCCSC[C@H]1COC(C)(C)N1C(=O)O. The Morgan fingerprint density at radius 2 is 2.31 bits per heavy atom. The van der Waals surface area contributed by atoms with Crippen LogP contribution in [-0.2, 0) is 4.74 Å². The maximum atomic E-state index is 11.2. The van der Waals surface area contributed by atoms with Crippen molar-refractivity contribution in [2.45, 2.75) is 45.4 Å². The van der Waals surface area contributed by atoms with E-state index < -0.39 is 11.8 Å². The van der Waals surface area contributed by atoms with Crippen molar-refractivity contribution in [2.75, 3.05) is 18.1 Å². The van der Waals surface area contributed by atoms with Crippen molar-refractivity contribution in [1.82, 2.24) is 4.90 Å². The highest BCUT2D eigenvalue weighted by Gasteiger charge is 2.43. The van der Waals surface area contributed by atoms with E-state index in [0.29, 0.717) is 6.61 Å². The lowest BCUT2D eigenvalue weighted by molar-refractivity contribution is -0.0414. The van der Waals surface area contributed by atoms with Gasteiger partial charge in [-0.15, -0.1) is 0 Å². The summed E-state index contributed by atoms with van der Waals surface area (Å²) < 4.78 is 5.52. The summed E-state index contributed by atoms with van der Waals surface area (Å²) in [6.45, 7) is 6.28. The second-order valence-electron chi connectivity index (χ2n) is 4.49. The third kappa shape index (κ3) is 3.28. The molecule has 1 atom stereocenters. The molecular weight excluding hydrogens is 226 g/mol. The predicted octanol–water partition coefficient (Wildman–Crippen LogP) is 2.63. The molecule has 1 fully saturated rings. The molecule has 94 valence electrons. The molecule has 0 bridgehead atoms. The zero-order chi connectivity index (χ0) is 12.2. The first-order chi connectivity index (χ1) is 7.49. The van der Waals surface area contributed by atoms with Crippen molar-refractivity contribution in [3.05, 3.63) is 0 Å². The van der Waals surface area contributed by atoms with Crippen LogP contribution in [0.25, 0.3) is 0 Å². The van der Waals surface area contributed by atoms with Gasteiger partial charge in [0.1, 0.15) is 5.72 Å². The van der Waals surface area contributed by atoms with Crippen LogP contribution in [0.2, 0.25) is 0 Å². The van der Waals surface area contributed by atoms with Gasteiger partial charge in [0.15, 0.2) is 0 Å². The smallest absolute Gasteiger partial charge is 0.409 e. The zero-order valence-corrected chi connectivity index (χ0v) is 11.0. The molecule has 0 aliphatic carbocycles. The number of unbranched alkanes of at least 4 members (excludes halogenated alkanes) is 1. The summed E-state index contributed by atoms with van der Waals surface area (Å²) in [7, 11) is 0. The molecule has 0 aromatic heterocycles. The second kappa shape index (κ2) is 5.77. The van der Waals surface area contributed by atoms with Crippen molar-refractivity contribution >= 4 is 17.9 Å². The Morgan fingerprint density at radius 3 is 2.88 bits per heavy atom. The van der Waals surface area contributed by atoms with E-state index in [1.165, 1.54) is 17.7 Å². The van der Waals surface area contributed by atoms with Crippen LogP contribution in [0.15, 0.2) is 0 Å². The highest BCUT2D eigenvalue weighted by molar-refractivity contribution is 7.99. The van der Waals surface area contributed by atoms with E-state index in [1.54, 1.807) is 13.8 Å². The standard InChI is InChI=1S/C11H21NO3S/c1-4-5-6-16-8-9-7-15-11(2,3)12(9)10(13)14/h9H,4-8H2,1-3H3,(H,13,14)/t9-/m1/s1. The fraction of sp³-hybridized carbons (Fsp3) is 0.909. The molecule has 1 aliphatic heterocycles. The van der Waals surface area contributed by atoms with Gasteiger partial charge in [0.05, 0.1) is 12.6 Å². The molecule has 0 unspecified atom stereocenters. The molecule has 1 saturated heterocycles. The molecule has 4 nitrogen and oxygen atoms in total. The molecule has 1 aliphatic rings. The molecule has 1 N–H and O–H groups in total.